The molecular formula is C24H31FO5S. The standard InChI is InChI=1S/C24H31FO5S/c1-13-10-18-17-7-6-15-11-16(27)8-9-21(15,3)23(17,25)19(28)12-22(18,4)24(13,20(29)31-5)30-14(2)26/h8-9,11,13,17-19,28H,6-7,10,12H2,1-5H3/t13-,17+,18+,19+,21+,22+,23+,24+/m1/s1. The third-order valence-corrected chi connectivity index (χ3v) is 9.65. The Bertz CT molecular complexity index is 914. The molecule has 0 radical (unpaired) electrons. The lowest BCUT2D eigenvalue weighted by molar-refractivity contribution is -0.224. The fourth-order valence-electron chi connectivity index (χ4n) is 7.60. The molecule has 5 nitrogen and oxygen atoms in total. The van der Waals surface area contributed by atoms with Crippen molar-refractivity contribution in [2.75, 3.05) is 6.26 Å². The minimum Gasteiger partial charge on any atom is -0.449 e. The Hall–Kier alpha value is -1.47. The summed E-state index contributed by atoms with van der Waals surface area (Å²) in [7, 11) is 0. The lowest BCUT2D eigenvalue weighted by atomic mass is 9.45. The first-order chi connectivity index (χ1) is 14.4. The molecule has 0 aromatic heterocycles. The average molecular weight is 451 g/mol. The Morgan fingerprint density at radius 3 is 2.58 bits per heavy atom. The van der Waals surface area contributed by atoms with Crippen molar-refractivity contribution in [2.45, 2.75) is 70.8 Å². The molecule has 31 heavy (non-hydrogen) atoms. The molecule has 0 amide bonds. The van der Waals surface area contributed by atoms with Crippen LogP contribution in [0.25, 0.3) is 0 Å². The van der Waals surface area contributed by atoms with Gasteiger partial charge < -0.3 is 9.84 Å². The number of carbonyl (C=O) groups excluding carboxylic acids is 3. The molecule has 4 rings (SSSR count). The average Bonchev–Trinajstić information content (AvgIpc) is 2.90. The quantitative estimate of drug-likeness (QED) is 0.645. The molecule has 0 spiro atoms. The predicted octanol–water partition coefficient (Wildman–Crippen LogP) is 3.79. The Morgan fingerprint density at radius 2 is 1.97 bits per heavy atom. The molecule has 170 valence electrons. The maximum atomic E-state index is 17.1. The van der Waals surface area contributed by atoms with Gasteiger partial charge in [-0.2, -0.15) is 0 Å². The highest BCUT2D eigenvalue weighted by Crippen LogP contribution is 2.71. The van der Waals surface area contributed by atoms with Gasteiger partial charge in [0.25, 0.3) is 0 Å². The van der Waals surface area contributed by atoms with E-state index < -0.39 is 40.1 Å². The van der Waals surface area contributed by atoms with Gasteiger partial charge in [0.15, 0.2) is 17.1 Å². The second-order valence-corrected chi connectivity index (χ2v) is 11.0. The van der Waals surface area contributed by atoms with Gasteiger partial charge in [-0.3, -0.25) is 14.4 Å². The molecule has 3 fully saturated rings. The second-order valence-electron chi connectivity index (χ2n) is 10.2. The Morgan fingerprint density at radius 1 is 1.29 bits per heavy atom. The van der Waals surface area contributed by atoms with Crippen molar-refractivity contribution in [3.8, 4) is 0 Å². The molecule has 0 saturated heterocycles. The van der Waals surface area contributed by atoms with Crippen molar-refractivity contribution in [3.05, 3.63) is 23.8 Å². The van der Waals surface area contributed by atoms with E-state index in [1.54, 1.807) is 19.3 Å². The van der Waals surface area contributed by atoms with E-state index in [1.165, 1.54) is 19.1 Å². The Balaban J connectivity index is 1.86. The SMILES string of the molecule is CSC(=O)[C@@]1(OC(C)=O)[C@H](C)C[C@H]2[C@@H]3CCC4=CC(=O)C=C[C@]4(C)[C@@]3(F)[C@@H](O)C[C@@]21C. The zero-order chi connectivity index (χ0) is 23.0. The van der Waals surface area contributed by atoms with E-state index in [0.717, 1.165) is 17.3 Å². The number of rotatable bonds is 2. The van der Waals surface area contributed by atoms with Gasteiger partial charge in [0.1, 0.15) is 0 Å². The minimum absolute atomic E-state index is 0.0131. The van der Waals surface area contributed by atoms with Crippen LogP contribution < -0.4 is 0 Å². The third-order valence-electron chi connectivity index (χ3n) is 8.97. The summed E-state index contributed by atoms with van der Waals surface area (Å²) in [6.45, 7) is 6.83. The number of allylic oxidation sites excluding steroid dienone is 4. The minimum atomic E-state index is -1.97. The molecule has 0 bridgehead atoms. The van der Waals surface area contributed by atoms with Gasteiger partial charge in [0.05, 0.1) is 6.10 Å². The van der Waals surface area contributed by atoms with Gasteiger partial charge in [-0.1, -0.05) is 37.3 Å². The number of hydrogen-bond acceptors (Lipinski definition) is 6. The van der Waals surface area contributed by atoms with Gasteiger partial charge in [-0.25, -0.2) is 4.39 Å². The van der Waals surface area contributed by atoms with Crippen LogP contribution in [0.15, 0.2) is 23.8 Å². The second kappa shape index (κ2) is 7.01. The first-order valence-electron chi connectivity index (χ1n) is 11.0. The number of alkyl halides is 1. The van der Waals surface area contributed by atoms with Crippen LogP contribution in [0, 0.1) is 28.6 Å². The highest BCUT2D eigenvalue weighted by atomic mass is 32.2. The Kier molecular flexibility index (Phi) is 5.14. The summed E-state index contributed by atoms with van der Waals surface area (Å²) in [5.74, 6) is -1.75. The van der Waals surface area contributed by atoms with Gasteiger partial charge in [-0.05, 0) is 56.9 Å². The van der Waals surface area contributed by atoms with Crippen LogP contribution in [0.3, 0.4) is 0 Å². The van der Waals surface area contributed by atoms with E-state index in [-0.39, 0.29) is 29.2 Å². The molecule has 0 heterocycles. The van der Waals surface area contributed by atoms with Crippen molar-refractivity contribution < 1.29 is 28.6 Å². The number of fused-ring (bicyclic) bond motifs is 5. The van der Waals surface area contributed by atoms with E-state index in [2.05, 4.69) is 0 Å². The maximum Gasteiger partial charge on any atom is 0.303 e. The summed E-state index contributed by atoms with van der Waals surface area (Å²) in [6.07, 6.45) is 6.42. The summed E-state index contributed by atoms with van der Waals surface area (Å²) < 4.78 is 23.0. The Labute approximate surface area is 186 Å². The van der Waals surface area contributed by atoms with Crippen LogP contribution in [-0.4, -0.2) is 45.6 Å². The molecule has 0 aliphatic heterocycles. The molecule has 3 saturated carbocycles. The lowest BCUT2D eigenvalue weighted by Gasteiger charge is -2.62. The van der Waals surface area contributed by atoms with E-state index in [4.69, 9.17) is 4.74 Å². The fraction of sp³-hybridized carbons (Fsp3) is 0.708. The van der Waals surface area contributed by atoms with E-state index >= 15 is 4.39 Å². The molecule has 0 aromatic carbocycles. The number of carbonyl (C=O) groups is 3. The van der Waals surface area contributed by atoms with Gasteiger partial charge >= 0.3 is 5.97 Å². The van der Waals surface area contributed by atoms with Crippen molar-refractivity contribution in [3.63, 3.8) is 0 Å². The van der Waals surface area contributed by atoms with E-state index in [0.29, 0.717) is 19.3 Å². The molecule has 4 aliphatic carbocycles. The van der Waals surface area contributed by atoms with Crippen LogP contribution in [0.5, 0.6) is 0 Å². The summed E-state index contributed by atoms with van der Waals surface area (Å²) >= 11 is 1.02. The van der Waals surface area contributed by atoms with E-state index in [9.17, 15) is 19.5 Å². The number of ether oxygens (including phenoxy) is 1. The lowest BCUT2D eigenvalue weighted by Crippen LogP contribution is -2.69. The first kappa shape index (κ1) is 22.7. The highest BCUT2D eigenvalue weighted by molar-refractivity contribution is 8.13. The van der Waals surface area contributed by atoms with Crippen LogP contribution >= 0.6 is 11.8 Å². The van der Waals surface area contributed by atoms with Crippen molar-refractivity contribution >= 4 is 28.6 Å². The number of hydrogen-bond donors (Lipinski definition) is 1. The molecule has 7 heteroatoms. The van der Waals surface area contributed by atoms with Crippen LogP contribution in [0.2, 0.25) is 0 Å². The van der Waals surface area contributed by atoms with Crippen molar-refractivity contribution in [1.82, 2.24) is 0 Å². The summed E-state index contributed by atoms with van der Waals surface area (Å²) in [4.78, 5) is 37.3. The smallest absolute Gasteiger partial charge is 0.303 e. The third kappa shape index (κ3) is 2.62. The number of thioether (sulfide) groups is 1. The normalized spacial score (nSPS) is 48.4. The molecule has 4 aliphatic rings. The molecule has 0 aromatic rings. The molecule has 1 N–H and O–H groups in total. The predicted molar refractivity (Wildman–Crippen MR) is 116 cm³/mol. The maximum absolute atomic E-state index is 17.1. The number of aliphatic hydroxyl groups is 1. The topological polar surface area (TPSA) is 80.7 Å². The van der Waals surface area contributed by atoms with Crippen molar-refractivity contribution in [1.29, 1.82) is 0 Å². The van der Waals surface area contributed by atoms with Gasteiger partial charge in [0, 0.05) is 29.6 Å². The monoisotopic (exact) mass is 450 g/mol. The summed E-state index contributed by atoms with van der Waals surface area (Å²) in [5, 5.41) is 11.1. The van der Waals surface area contributed by atoms with Crippen LogP contribution in [0.4, 0.5) is 4.39 Å². The van der Waals surface area contributed by atoms with Gasteiger partial charge in [-0.15, -0.1) is 0 Å². The number of aliphatic hydroxyl groups excluding tert-OH is 1. The molecule has 8 atom stereocenters. The summed E-state index contributed by atoms with van der Waals surface area (Å²) in [6, 6.07) is 0. The fourth-order valence-corrected chi connectivity index (χ4v) is 8.38. The van der Waals surface area contributed by atoms with Gasteiger partial charge in [0.2, 0.25) is 5.12 Å². The molecular weight excluding hydrogens is 419 g/mol. The highest BCUT2D eigenvalue weighted by Gasteiger charge is 2.77. The zero-order valence-corrected chi connectivity index (χ0v) is 19.6. The van der Waals surface area contributed by atoms with Crippen molar-refractivity contribution in [2.24, 2.45) is 28.6 Å². The summed E-state index contributed by atoms with van der Waals surface area (Å²) in [5.41, 5.74) is -4.61. The van der Waals surface area contributed by atoms with E-state index in [1.807, 2.05) is 13.8 Å². The molecule has 0 unspecified atom stereocenters. The number of ketones is 1. The first-order valence-corrected chi connectivity index (χ1v) is 12.2. The largest absolute Gasteiger partial charge is 0.449 e. The number of halogens is 1. The van der Waals surface area contributed by atoms with Crippen LogP contribution in [0.1, 0.15) is 53.4 Å². The van der Waals surface area contributed by atoms with Crippen LogP contribution in [-0.2, 0) is 19.1 Å². The zero-order valence-electron chi connectivity index (χ0n) is 18.7. The number of esters is 1.